The zero-order chi connectivity index (χ0) is 54.2. The first kappa shape index (κ1) is 54.0. The lowest BCUT2D eigenvalue weighted by Gasteiger charge is -2.55. The minimum atomic E-state index is -0.854. The summed E-state index contributed by atoms with van der Waals surface area (Å²) >= 11 is 0. The van der Waals surface area contributed by atoms with Crippen LogP contribution in [0.25, 0.3) is 0 Å². The van der Waals surface area contributed by atoms with E-state index in [4.69, 9.17) is 71.1 Å². The third-order valence-corrected chi connectivity index (χ3v) is 22.5. The summed E-state index contributed by atoms with van der Waals surface area (Å²) in [5, 5.41) is 0. The van der Waals surface area contributed by atoms with Gasteiger partial charge in [-0.15, -0.1) is 0 Å². The summed E-state index contributed by atoms with van der Waals surface area (Å²) in [7, 11) is 4.23. The van der Waals surface area contributed by atoms with Crippen molar-refractivity contribution in [1.29, 1.82) is 0 Å². The van der Waals surface area contributed by atoms with Crippen LogP contribution >= 0.6 is 0 Å². The Labute approximate surface area is 467 Å². The maximum Gasteiger partial charge on any atom is 0.308 e. The largest absolute Gasteiger partial charge is 0.459 e. The first-order valence-corrected chi connectivity index (χ1v) is 31.3. The highest BCUT2D eigenvalue weighted by Gasteiger charge is 2.73. The van der Waals surface area contributed by atoms with Crippen LogP contribution in [0.5, 0.6) is 0 Å². The first-order chi connectivity index (χ1) is 37.8. The second-order valence-electron chi connectivity index (χ2n) is 28.8. The van der Waals surface area contributed by atoms with E-state index in [-0.39, 0.29) is 134 Å². The van der Waals surface area contributed by atoms with Crippen molar-refractivity contribution in [2.45, 2.75) is 308 Å². The average Bonchev–Trinajstić information content (AvgIpc) is 4.29. The van der Waals surface area contributed by atoms with Crippen molar-refractivity contribution in [3.63, 3.8) is 0 Å². The van der Waals surface area contributed by atoms with Crippen molar-refractivity contribution in [1.82, 2.24) is 4.90 Å². The molecule has 17 heteroatoms. The van der Waals surface area contributed by atoms with Crippen LogP contribution in [-0.4, -0.2) is 189 Å². The molecular formula is C62H91NO16. The van der Waals surface area contributed by atoms with E-state index in [0.717, 1.165) is 75.5 Å². The lowest BCUT2D eigenvalue weighted by Crippen LogP contribution is -2.62. The molecule has 16 fully saturated rings. The van der Waals surface area contributed by atoms with Gasteiger partial charge in [0, 0.05) is 63.8 Å². The summed E-state index contributed by atoms with van der Waals surface area (Å²) in [4.78, 5) is 16.9. The van der Waals surface area contributed by atoms with Crippen LogP contribution in [0.15, 0.2) is 24.3 Å². The predicted octanol–water partition coefficient (Wildman–Crippen LogP) is 7.41. The zero-order valence-electron chi connectivity index (χ0n) is 48.2. The maximum absolute atomic E-state index is 14.6. The van der Waals surface area contributed by atoms with Crippen molar-refractivity contribution in [2.24, 2.45) is 29.6 Å². The molecule has 3 spiro atoms. The standard InChI is InChI=1S/C62H91NO16/c1-29-17-36-11-13-39-30(2)18-38(65-39)15-16-60-28-59(8)58(79-60)57-56(76-59)55(78-60)54-40(69-57)14-12-37(67-54)20-49(64)72-53-35(7)52-44(68-43(53)21-41(66-36)34(29)6)22-42-46(70-52)25-62(73-42)26-47-51(77-62)33(5)24-61(75-47)23-32(4)50-45(74-61)19-31(3)48(71-50)27-63(9)10/h29,31-33,35-48,50-58H,2,6,11-28H2,1,3-5,7-10H3. The molecule has 0 N–H and O–H groups in total. The summed E-state index contributed by atoms with van der Waals surface area (Å²) in [6.07, 6.45) is 6.89. The molecule has 16 saturated heterocycles. The van der Waals surface area contributed by atoms with Crippen LogP contribution in [-0.2, 0) is 75.8 Å². The summed E-state index contributed by atoms with van der Waals surface area (Å²) in [5.41, 5.74) is 1.65. The molecular weight excluding hydrogens is 1010 g/mol. The number of hydrogen-bond acceptors (Lipinski definition) is 17. The van der Waals surface area contributed by atoms with E-state index in [1.807, 2.05) is 0 Å². The highest BCUT2D eigenvalue weighted by atomic mass is 16.8. The number of carbonyl (C=O) groups excluding carboxylic acids is 1. The van der Waals surface area contributed by atoms with Gasteiger partial charge in [0.05, 0.1) is 104 Å². The van der Waals surface area contributed by atoms with Crippen LogP contribution in [0.4, 0.5) is 0 Å². The van der Waals surface area contributed by atoms with Gasteiger partial charge in [-0.3, -0.25) is 4.79 Å². The Morgan fingerprint density at radius 3 is 2.04 bits per heavy atom. The molecule has 0 amide bonds. The Morgan fingerprint density at radius 1 is 0.506 bits per heavy atom. The highest BCUT2D eigenvalue weighted by molar-refractivity contribution is 5.70. The van der Waals surface area contributed by atoms with Gasteiger partial charge in [-0.2, -0.15) is 0 Å². The predicted molar refractivity (Wildman–Crippen MR) is 282 cm³/mol. The lowest BCUT2D eigenvalue weighted by molar-refractivity contribution is -0.369. The van der Waals surface area contributed by atoms with Gasteiger partial charge in [-0.05, 0) is 107 Å². The normalized spacial score (nSPS) is 58.5. The number of ether oxygens (including phenoxy) is 15. The van der Waals surface area contributed by atoms with E-state index in [1.54, 1.807) is 0 Å². The Morgan fingerprint density at radius 2 is 1.20 bits per heavy atom. The molecule has 16 aliphatic rings. The molecule has 16 aliphatic heterocycles. The fourth-order valence-electron chi connectivity index (χ4n) is 18.8. The second kappa shape index (κ2) is 19.7. The van der Waals surface area contributed by atoms with Crippen molar-refractivity contribution in [3.05, 3.63) is 24.3 Å². The van der Waals surface area contributed by atoms with Crippen LogP contribution < -0.4 is 0 Å². The Hall–Kier alpha value is -1.65. The summed E-state index contributed by atoms with van der Waals surface area (Å²) in [6, 6.07) is 0. The molecule has 12 bridgehead atoms. The van der Waals surface area contributed by atoms with Crippen molar-refractivity contribution in [3.8, 4) is 0 Å². The fraction of sp³-hybridized carbons (Fsp3) is 0.919. The summed E-state index contributed by atoms with van der Waals surface area (Å²) in [5.74, 6) is -1.81. The van der Waals surface area contributed by atoms with Gasteiger partial charge in [0.2, 0.25) is 0 Å². The molecule has 0 aromatic heterocycles. The number of nitrogens with zero attached hydrogens (tertiary/aromatic N) is 1. The topological polar surface area (TPSA) is 159 Å². The number of fused-ring (bicyclic) bond motifs is 10. The first-order valence-electron chi connectivity index (χ1n) is 31.3. The van der Waals surface area contributed by atoms with Crippen LogP contribution in [0.1, 0.15) is 151 Å². The van der Waals surface area contributed by atoms with Gasteiger partial charge >= 0.3 is 5.97 Å². The molecule has 0 saturated carbocycles. The van der Waals surface area contributed by atoms with Crippen molar-refractivity contribution >= 4 is 5.97 Å². The van der Waals surface area contributed by atoms with Gasteiger partial charge in [0.15, 0.2) is 17.4 Å². The van der Waals surface area contributed by atoms with Crippen molar-refractivity contribution in [2.75, 3.05) is 20.6 Å². The van der Waals surface area contributed by atoms with Crippen LogP contribution in [0.3, 0.4) is 0 Å². The maximum atomic E-state index is 14.6. The van der Waals surface area contributed by atoms with E-state index in [1.165, 1.54) is 0 Å². The van der Waals surface area contributed by atoms with Crippen LogP contribution in [0, 0.1) is 29.6 Å². The van der Waals surface area contributed by atoms with E-state index in [9.17, 15) is 4.79 Å². The molecule has 16 heterocycles. The number of rotatable bonds is 2. The Kier molecular flexibility index (Phi) is 13.5. The Balaban J connectivity index is 0.663. The van der Waals surface area contributed by atoms with Gasteiger partial charge in [0.25, 0.3) is 0 Å². The van der Waals surface area contributed by atoms with Crippen molar-refractivity contribution < 1.29 is 75.8 Å². The fourth-order valence-corrected chi connectivity index (χ4v) is 18.8. The number of carbonyl (C=O) groups is 1. The molecule has 17 nitrogen and oxygen atoms in total. The zero-order valence-corrected chi connectivity index (χ0v) is 48.2. The Bertz CT molecular complexity index is 2380. The van der Waals surface area contributed by atoms with Gasteiger partial charge in [-0.25, -0.2) is 0 Å². The number of likely N-dealkylation sites (N-methyl/N-ethyl adjacent to an activating group) is 1. The molecule has 31 unspecified atom stereocenters. The third-order valence-electron chi connectivity index (χ3n) is 22.5. The molecule has 0 aromatic rings. The monoisotopic (exact) mass is 1110 g/mol. The average molecular weight is 1110 g/mol. The molecule has 16 rings (SSSR count). The summed E-state index contributed by atoms with van der Waals surface area (Å²) in [6.45, 7) is 23.5. The highest BCUT2D eigenvalue weighted by Crippen LogP contribution is 2.60. The molecule has 440 valence electrons. The molecule has 0 radical (unpaired) electrons. The van der Waals surface area contributed by atoms with Gasteiger partial charge < -0.3 is 76.0 Å². The lowest BCUT2D eigenvalue weighted by atomic mass is 9.77. The van der Waals surface area contributed by atoms with Crippen LogP contribution in [0.2, 0.25) is 0 Å². The molecule has 79 heavy (non-hydrogen) atoms. The quantitative estimate of drug-likeness (QED) is 0.199. The van der Waals surface area contributed by atoms with Gasteiger partial charge in [-0.1, -0.05) is 47.8 Å². The smallest absolute Gasteiger partial charge is 0.308 e. The molecule has 31 atom stereocenters. The van der Waals surface area contributed by atoms with E-state index < -0.39 is 53.5 Å². The van der Waals surface area contributed by atoms with Gasteiger partial charge in [0.1, 0.15) is 42.2 Å². The summed E-state index contributed by atoms with van der Waals surface area (Å²) < 4.78 is 105. The number of hydrogen-bond donors (Lipinski definition) is 0. The second-order valence-corrected chi connectivity index (χ2v) is 28.8. The van der Waals surface area contributed by atoms with E-state index in [2.05, 4.69) is 73.7 Å². The minimum absolute atomic E-state index is 0.000895. The number of esters is 1. The molecule has 0 aromatic carbocycles. The van der Waals surface area contributed by atoms with E-state index >= 15 is 0 Å². The third kappa shape index (κ3) is 9.27. The minimum Gasteiger partial charge on any atom is -0.459 e. The SMILES string of the molecule is C=C1CC2CCC34CC5(C)OC6C(O3)C3OC(CCC3OC6C5O4)CC(=O)OC3C(CC4OC(CCC1O2)CC(C)C4=C)OC1CC2OC4(CC2OC1C3C)CC1OC2(CC(C)C3OC(CN(C)C)C(C)CC3O2)CC(C)C1O4. The molecule has 0 aliphatic carbocycles. The van der Waals surface area contributed by atoms with E-state index in [0.29, 0.717) is 56.8 Å².